The summed E-state index contributed by atoms with van der Waals surface area (Å²) < 4.78 is 30.8. The molecular weight excluding hydrogens is 284 g/mol. The van der Waals surface area contributed by atoms with Gasteiger partial charge in [0.1, 0.15) is 5.82 Å². The quantitative estimate of drug-likeness (QED) is 0.685. The van der Waals surface area contributed by atoms with Crippen LogP contribution in [-0.4, -0.2) is 30.1 Å². The van der Waals surface area contributed by atoms with E-state index in [1.165, 1.54) is 0 Å². The van der Waals surface area contributed by atoms with Gasteiger partial charge in [0.25, 0.3) is 5.91 Å². The molecule has 0 atom stereocenters. The molecule has 7 heteroatoms. The van der Waals surface area contributed by atoms with Gasteiger partial charge in [0.15, 0.2) is 18.2 Å². The number of amides is 1. The van der Waals surface area contributed by atoms with Gasteiger partial charge < -0.3 is 15.2 Å². The van der Waals surface area contributed by atoms with Crippen LogP contribution in [0.25, 0.3) is 0 Å². The lowest BCUT2D eigenvalue weighted by atomic mass is 10.2. The van der Waals surface area contributed by atoms with E-state index >= 15 is 0 Å². The Morgan fingerprint density at radius 2 is 1.95 bits per heavy atom. The molecule has 0 aromatic heterocycles. The molecule has 0 aliphatic carbocycles. The number of hydrogen-bond acceptors (Lipinski definition) is 3. The van der Waals surface area contributed by atoms with Gasteiger partial charge in [-0.2, -0.15) is 0 Å². The molecule has 1 aromatic carbocycles. The van der Waals surface area contributed by atoms with Crippen LogP contribution in [-0.2, 0) is 9.59 Å². The van der Waals surface area contributed by atoms with E-state index in [-0.39, 0.29) is 18.8 Å². The second kappa shape index (κ2) is 8.89. The summed E-state index contributed by atoms with van der Waals surface area (Å²) in [5.41, 5.74) is 0. The third-order valence-electron chi connectivity index (χ3n) is 2.64. The minimum Gasteiger partial charge on any atom is -0.481 e. The van der Waals surface area contributed by atoms with E-state index in [0.717, 1.165) is 12.1 Å². The molecule has 2 N–H and O–H groups in total. The number of aliphatic carboxylic acids is 1. The average Bonchev–Trinajstić information content (AvgIpc) is 2.41. The van der Waals surface area contributed by atoms with Crippen molar-refractivity contribution in [3.8, 4) is 5.75 Å². The van der Waals surface area contributed by atoms with Crippen molar-refractivity contribution >= 4 is 11.9 Å². The molecule has 0 saturated carbocycles. The molecule has 1 aromatic rings. The van der Waals surface area contributed by atoms with Crippen LogP contribution in [0.3, 0.4) is 0 Å². The average molecular weight is 301 g/mol. The maximum atomic E-state index is 13.2. The van der Waals surface area contributed by atoms with E-state index < -0.39 is 23.5 Å². The third kappa shape index (κ3) is 7.24. The maximum absolute atomic E-state index is 13.2. The number of benzene rings is 1. The van der Waals surface area contributed by atoms with E-state index in [0.29, 0.717) is 31.9 Å². The Morgan fingerprint density at radius 1 is 1.19 bits per heavy atom. The summed E-state index contributed by atoms with van der Waals surface area (Å²) in [6.07, 6.45) is 2.02. The van der Waals surface area contributed by atoms with Crippen molar-refractivity contribution in [2.75, 3.05) is 13.2 Å². The molecule has 0 fully saturated rings. The molecule has 0 heterocycles. The molecule has 0 aliphatic rings. The second-order valence-corrected chi connectivity index (χ2v) is 4.42. The summed E-state index contributed by atoms with van der Waals surface area (Å²) in [5.74, 6) is -3.03. The standard InChI is InChI=1S/C14H17F2NO4/c15-10-5-6-12(11(16)8-10)21-9-13(18)17-7-3-1-2-4-14(19)20/h5-6,8H,1-4,7,9H2,(H,17,18)(H,19,20). The van der Waals surface area contributed by atoms with E-state index in [2.05, 4.69) is 5.32 Å². The first-order valence-corrected chi connectivity index (χ1v) is 6.55. The molecule has 0 bridgehead atoms. The van der Waals surface area contributed by atoms with Crippen molar-refractivity contribution in [1.29, 1.82) is 0 Å². The number of carboxylic acids is 1. The number of nitrogens with one attached hydrogen (secondary N) is 1. The minimum absolute atomic E-state index is 0.112. The van der Waals surface area contributed by atoms with E-state index in [1.807, 2.05) is 0 Å². The zero-order chi connectivity index (χ0) is 15.7. The molecule has 21 heavy (non-hydrogen) atoms. The van der Waals surface area contributed by atoms with Crippen molar-refractivity contribution in [3.63, 3.8) is 0 Å². The van der Waals surface area contributed by atoms with Crippen molar-refractivity contribution in [3.05, 3.63) is 29.8 Å². The first-order chi connectivity index (χ1) is 9.99. The van der Waals surface area contributed by atoms with Gasteiger partial charge in [0.05, 0.1) is 0 Å². The highest BCUT2D eigenvalue weighted by Crippen LogP contribution is 2.17. The predicted octanol–water partition coefficient (Wildman–Crippen LogP) is 2.10. The fraction of sp³-hybridized carbons (Fsp3) is 0.429. The van der Waals surface area contributed by atoms with Crippen LogP contribution < -0.4 is 10.1 Å². The van der Waals surface area contributed by atoms with Gasteiger partial charge in [-0.15, -0.1) is 0 Å². The van der Waals surface area contributed by atoms with E-state index in [4.69, 9.17) is 9.84 Å². The normalized spacial score (nSPS) is 10.2. The molecular formula is C14H17F2NO4. The molecule has 116 valence electrons. The van der Waals surface area contributed by atoms with Crippen LogP contribution in [0.4, 0.5) is 8.78 Å². The molecule has 5 nitrogen and oxygen atoms in total. The van der Waals surface area contributed by atoms with Crippen molar-refractivity contribution < 1.29 is 28.2 Å². The zero-order valence-corrected chi connectivity index (χ0v) is 11.4. The van der Waals surface area contributed by atoms with Gasteiger partial charge in [-0.3, -0.25) is 9.59 Å². The smallest absolute Gasteiger partial charge is 0.303 e. The number of hydrogen-bond donors (Lipinski definition) is 2. The number of carboxylic acid groups (broad SMARTS) is 1. The van der Waals surface area contributed by atoms with Crippen LogP contribution in [0.5, 0.6) is 5.75 Å². The number of halogens is 2. The van der Waals surface area contributed by atoms with Gasteiger partial charge in [-0.25, -0.2) is 8.78 Å². The highest BCUT2D eigenvalue weighted by Gasteiger charge is 2.07. The molecule has 1 rings (SSSR count). The molecule has 0 saturated heterocycles. The lowest BCUT2D eigenvalue weighted by Crippen LogP contribution is -2.29. The Morgan fingerprint density at radius 3 is 2.62 bits per heavy atom. The topological polar surface area (TPSA) is 75.6 Å². The Kier molecular flexibility index (Phi) is 7.14. The highest BCUT2D eigenvalue weighted by molar-refractivity contribution is 5.77. The van der Waals surface area contributed by atoms with Crippen LogP contribution in [0.15, 0.2) is 18.2 Å². The predicted molar refractivity (Wildman–Crippen MR) is 71.0 cm³/mol. The van der Waals surface area contributed by atoms with Crippen LogP contribution in [0.1, 0.15) is 25.7 Å². The minimum atomic E-state index is -0.864. The van der Waals surface area contributed by atoms with Crippen LogP contribution in [0.2, 0.25) is 0 Å². The van der Waals surface area contributed by atoms with Crippen LogP contribution in [0, 0.1) is 11.6 Å². The van der Waals surface area contributed by atoms with Crippen molar-refractivity contribution in [2.24, 2.45) is 0 Å². The number of unbranched alkanes of at least 4 members (excludes halogenated alkanes) is 2. The zero-order valence-electron chi connectivity index (χ0n) is 11.4. The molecule has 0 unspecified atom stereocenters. The number of rotatable bonds is 9. The monoisotopic (exact) mass is 301 g/mol. The summed E-state index contributed by atoms with van der Waals surface area (Å²) in [5, 5.41) is 11.0. The summed E-state index contributed by atoms with van der Waals surface area (Å²) in [6.45, 7) is 0.0331. The van der Waals surface area contributed by atoms with Crippen molar-refractivity contribution in [1.82, 2.24) is 5.32 Å². The highest BCUT2D eigenvalue weighted by atomic mass is 19.1. The van der Waals surface area contributed by atoms with Gasteiger partial charge in [-0.1, -0.05) is 6.42 Å². The molecule has 0 radical (unpaired) electrons. The van der Waals surface area contributed by atoms with Crippen LogP contribution >= 0.6 is 0 Å². The Bertz CT molecular complexity index is 494. The lowest BCUT2D eigenvalue weighted by molar-refractivity contribution is -0.137. The Hall–Kier alpha value is -2.18. The van der Waals surface area contributed by atoms with E-state index in [9.17, 15) is 18.4 Å². The molecule has 0 spiro atoms. The fourth-order valence-electron chi connectivity index (χ4n) is 1.59. The summed E-state index contributed by atoms with van der Waals surface area (Å²) >= 11 is 0. The summed E-state index contributed by atoms with van der Waals surface area (Å²) in [6, 6.07) is 2.83. The van der Waals surface area contributed by atoms with Gasteiger partial charge in [0, 0.05) is 19.0 Å². The summed E-state index contributed by atoms with van der Waals surface area (Å²) in [7, 11) is 0. The van der Waals surface area contributed by atoms with Gasteiger partial charge in [0.2, 0.25) is 0 Å². The fourth-order valence-corrected chi connectivity index (χ4v) is 1.59. The SMILES string of the molecule is O=C(O)CCCCCNC(=O)COc1ccc(F)cc1F. The van der Waals surface area contributed by atoms with Gasteiger partial charge >= 0.3 is 5.97 Å². The Labute approximate surface area is 120 Å². The molecule has 0 aliphatic heterocycles. The molecule has 1 amide bonds. The van der Waals surface area contributed by atoms with E-state index in [1.54, 1.807) is 0 Å². The second-order valence-electron chi connectivity index (χ2n) is 4.42. The largest absolute Gasteiger partial charge is 0.481 e. The number of carbonyl (C=O) groups excluding carboxylic acids is 1. The lowest BCUT2D eigenvalue weighted by Gasteiger charge is -2.08. The number of ether oxygens (including phenoxy) is 1. The van der Waals surface area contributed by atoms with Crippen molar-refractivity contribution in [2.45, 2.75) is 25.7 Å². The van der Waals surface area contributed by atoms with Gasteiger partial charge in [-0.05, 0) is 25.0 Å². The maximum Gasteiger partial charge on any atom is 0.303 e. The summed E-state index contributed by atoms with van der Waals surface area (Å²) in [4.78, 5) is 21.7. The Balaban J connectivity index is 2.15. The first kappa shape index (κ1) is 16.9. The first-order valence-electron chi connectivity index (χ1n) is 6.55. The third-order valence-corrected chi connectivity index (χ3v) is 2.64. The number of carbonyl (C=O) groups is 2.